The van der Waals surface area contributed by atoms with Gasteiger partial charge in [-0.25, -0.2) is 44.9 Å². The van der Waals surface area contributed by atoms with Crippen molar-refractivity contribution in [2.45, 2.75) is 7.43 Å². The standard InChI is InChI=1S/C52H34N6.C49H32N4.CH4/c1-5-15-37(16-6-1)47-53-48(38-17-7-2-8-18-38)56-51(55-47)41-29-25-35(26-30-41)43-33-34-44(46-24-14-13-23-45(43)46)36-27-31-42(32-28-36)52-57-49(39-19-9-3-10-20-39)54-50(58-52)40-21-11-4-12-22-40;1-3-11-33(12-4-1)34-19-23-39(24-20-34)48-50-47(38-14-5-2-6-15-38)51-49(52-48)40-25-21-35(22-26-40)36-27-30-41(31-28-36)53-44-18-10-9-17-43(44)46-42-16-8-7-13-37(42)29-32-45(46)53;/h1-34H;1-32H;1H4. The summed E-state index contributed by atoms with van der Waals surface area (Å²) in [5.41, 5.74) is 21.1. The van der Waals surface area contributed by atoms with Crippen LogP contribution in [-0.4, -0.2) is 49.4 Å². The molecule has 0 aliphatic rings. The molecule has 0 fully saturated rings. The summed E-state index contributed by atoms with van der Waals surface area (Å²) in [6, 6.07) is 138. The Kier molecular flexibility index (Phi) is 18.8. The number of rotatable bonds is 14. The SMILES string of the molecule is C.c1ccc(-c2ccc(-c3nc(-c4ccccc4)nc(-c4ccc(-c5ccc(-n6c7ccccc7c7c8ccccc8ccc76)cc5)cc4)n3)cc2)cc1.c1ccc(-c2nc(-c3ccccc3)nc(-c3ccc(-c4ccc(-c5ccc(-c6nc(-c7ccccc7)nc(-c7ccccc7)n6)cc5)c5ccccc45)cc3)n2)cc1. The molecule has 0 bridgehead atoms. The van der Waals surface area contributed by atoms with Gasteiger partial charge in [-0.1, -0.05) is 384 Å². The third-order valence-electron chi connectivity index (χ3n) is 20.3. The molecule has 112 heavy (non-hydrogen) atoms. The van der Waals surface area contributed by atoms with E-state index in [2.05, 4.69) is 247 Å². The second kappa shape index (κ2) is 30.6. The molecule has 20 aromatic rings. The molecule has 0 N–H and O–H groups in total. The molecule has 0 amide bonds. The molecule has 0 radical (unpaired) electrons. The highest BCUT2D eigenvalue weighted by molar-refractivity contribution is 6.21. The van der Waals surface area contributed by atoms with E-state index in [-0.39, 0.29) is 7.43 Å². The fraction of sp³-hybridized carbons (Fsp3) is 0.00980. The average Bonchev–Trinajstić information content (AvgIpc) is 1.49. The van der Waals surface area contributed by atoms with Gasteiger partial charge in [-0.05, 0) is 90.3 Å². The average molecular weight is 1440 g/mol. The van der Waals surface area contributed by atoms with Gasteiger partial charge in [-0.2, -0.15) is 0 Å². The van der Waals surface area contributed by atoms with Gasteiger partial charge in [0.25, 0.3) is 0 Å². The maximum atomic E-state index is 4.99. The Morgan fingerprint density at radius 2 is 0.384 bits per heavy atom. The first-order chi connectivity index (χ1) is 55.0. The third kappa shape index (κ3) is 13.8. The van der Waals surface area contributed by atoms with Crippen LogP contribution >= 0.6 is 0 Å². The number of fused-ring (bicyclic) bond motifs is 6. The van der Waals surface area contributed by atoms with Crippen LogP contribution in [0.2, 0.25) is 0 Å². The minimum Gasteiger partial charge on any atom is -0.309 e. The summed E-state index contributed by atoms with van der Waals surface area (Å²) < 4.78 is 2.38. The van der Waals surface area contributed by atoms with Crippen molar-refractivity contribution in [2.24, 2.45) is 0 Å². The Morgan fingerprint density at radius 1 is 0.152 bits per heavy atom. The summed E-state index contributed by atoms with van der Waals surface area (Å²) in [4.78, 5) is 44.3. The van der Waals surface area contributed by atoms with E-state index in [9.17, 15) is 0 Å². The van der Waals surface area contributed by atoms with Crippen molar-refractivity contribution in [1.29, 1.82) is 0 Å². The van der Waals surface area contributed by atoms with Crippen LogP contribution in [0.4, 0.5) is 0 Å². The van der Waals surface area contributed by atoms with Crippen LogP contribution in [0.25, 0.3) is 196 Å². The van der Waals surface area contributed by atoms with Crippen LogP contribution < -0.4 is 0 Å². The maximum absolute atomic E-state index is 4.99. The lowest BCUT2D eigenvalue weighted by Gasteiger charge is -2.13. The number of benzene rings is 16. The van der Waals surface area contributed by atoms with Gasteiger partial charge < -0.3 is 4.57 Å². The van der Waals surface area contributed by atoms with Crippen LogP contribution in [0.1, 0.15) is 7.43 Å². The molecule has 10 heteroatoms. The fourth-order valence-electron chi connectivity index (χ4n) is 14.7. The topological polar surface area (TPSA) is 121 Å². The summed E-state index contributed by atoms with van der Waals surface area (Å²) in [6.07, 6.45) is 0. The van der Waals surface area contributed by atoms with Gasteiger partial charge in [0.2, 0.25) is 0 Å². The lowest BCUT2D eigenvalue weighted by atomic mass is 9.91. The highest BCUT2D eigenvalue weighted by atomic mass is 15.1. The van der Waals surface area contributed by atoms with E-state index >= 15 is 0 Å². The molecule has 4 heterocycles. The summed E-state index contributed by atoms with van der Waals surface area (Å²) in [5.74, 6) is 5.77. The molecule has 0 aliphatic carbocycles. The van der Waals surface area contributed by atoms with Crippen LogP contribution in [0, 0.1) is 0 Å². The van der Waals surface area contributed by atoms with Gasteiger partial charge in [-0.15, -0.1) is 0 Å². The first kappa shape index (κ1) is 68.7. The third-order valence-corrected chi connectivity index (χ3v) is 20.3. The van der Waals surface area contributed by atoms with E-state index in [1.165, 1.54) is 48.9 Å². The summed E-state index contributed by atoms with van der Waals surface area (Å²) in [7, 11) is 0. The molecule has 4 aromatic heterocycles. The Bertz CT molecular complexity index is 6410. The zero-order chi connectivity index (χ0) is 73.8. The van der Waals surface area contributed by atoms with Crippen molar-refractivity contribution in [3.63, 3.8) is 0 Å². The highest BCUT2D eigenvalue weighted by Gasteiger charge is 2.20. The van der Waals surface area contributed by atoms with Gasteiger partial charge in [0, 0.05) is 66.5 Å². The number of para-hydroxylation sites is 1. The summed E-state index contributed by atoms with van der Waals surface area (Å²) in [6.45, 7) is 0. The predicted octanol–water partition coefficient (Wildman–Crippen LogP) is 25.6. The van der Waals surface area contributed by atoms with E-state index in [4.69, 9.17) is 44.9 Å². The van der Waals surface area contributed by atoms with Crippen molar-refractivity contribution in [2.75, 3.05) is 0 Å². The first-order valence-electron chi connectivity index (χ1n) is 37.1. The van der Waals surface area contributed by atoms with E-state index in [0.717, 1.165) is 94.7 Å². The second-order valence-electron chi connectivity index (χ2n) is 27.2. The van der Waals surface area contributed by atoms with Crippen molar-refractivity contribution in [1.82, 2.24) is 49.4 Å². The number of hydrogen-bond donors (Lipinski definition) is 0. The molecule has 528 valence electrons. The monoisotopic (exact) mass is 1430 g/mol. The normalized spacial score (nSPS) is 11.1. The first-order valence-corrected chi connectivity index (χ1v) is 37.1. The zero-order valence-electron chi connectivity index (χ0n) is 60.1. The lowest BCUT2D eigenvalue weighted by Crippen LogP contribution is -2.00. The van der Waals surface area contributed by atoms with Crippen molar-refractivity contribution < 1.29 is 0 Å². The molecule has 0 atom stereocenters. The molecular weight excluding hydrogens is 1370 g/mol. The van der Waals surface area contributed by atoms with Gasteiger partial charge in [0.15, 0.2) is 52.4 Å². The molecule has 0 spiro atoms. The van der Waals surface area contributed by atoms with E-state index in [0.29, 0.717) is 52.4 Å². The van der Waals surface area contributed by atoms with Crippen molar-refractivity contribution >= 4 is 43.4 Å². The minimum atomic E-state index is 0. The van der Waals surface area contributed by atoms with Gasteiger partial charge in [0.05, 0.1) is 11.0 Å². The number of aromatic nitrogens is 10. The minimum absolute atomic E-state index is 0. The van der Waals surface area contributed by atoms with E-state index < -0.39 is 0 Å². The van der Waals surface area contributed by atoms with Gasteiger partial charge >= 0.3 is 0 Å². The molecule has 16 aromatic carbocycles. The van der Waals surface area contributed by atoms with E-state index in [1.807, 2.05) is 158 Å². The Hall–Kier alpha value is -15.1. The zero-order valence-corrected chi connectivity index (χ0v) is 60.1. The van der Waals surface area contributed by atoms with Crippen LogP contribution in [0.15, 0.2) is 400 Å². The second-order valence-corrected chi connectivity index (χ2v) is 27.2. The molecule has 0 saturated heterocycles. The molecule has 0 aliphatic heterocycles. The maximum Gasteiger partial charge on any atom is 0.164 e. The van der Waals surface area contributed by atoms with Crippen molar-refractivity contribution in [3.05, 3.63) is 400 Å². The smallest absolute Gasteiger partial charge is 0.164 e. The Balaban J connectivity index is 0.000000156. The molecule has 0 unspecified atom stereocenters. The predicted molar refractivity (Wildman–Crippen MR) is 460 cm³/mol. The Labute approximate surface area is 649 Å². The van der Waals surface area contributed by atoms with Gasteiger partial charge in [-0.3, -0.25) is 0 Å². The number of nitrogens with zero attached hydrogens (tertiary/aromatic N) is 10. The number of hydrogen-bond acceptors (Lipinski definition) is 9. The fourth-order valence-corrected chi connectivity index (χ4v) is 14.7. The van der Waals surface area contributed by atoms with Gasteiger partial charge in [0.1, 0.15) is 0 Å². The Morgan fingerprint density at radius 3 is 0.714 bits per heavy atom. The van der Waals surface area contributed by atoms with Crippen LogP contribution in [0.5, 0.6) is 0 Å². The molecule has 20 rings (SSSR count). The highest BCUT2D eigenvalue weighted by Crippen LogP contribution is 2.41. The summed E-state index contributed by atoms with van der Waals surface area (Å²) >= 11 is 0. The summed E-state index contributed by atoms with van der Waals surface area (Å²) in [5, 5.41) is 7.43. The molecule has 0 saturated carbocycles. The molecule has 10 nitrogen and oxygen atoms in total. The molecular formula is C102H70N10. The van der Waals surface area contributed by atoms with Crippen LogP contribution in [-0.2, 0) is 0 Å². The van der Waals surface area contributed by atoms with Crippen LogP contribution in [0.3, 0.4) is 0 Å². The van der Waals surface area contributed by atoms with Crippen molar-refractivity contribution in [3.8, 4) is 153 Å². The lowest BCUT2D eigenvalue weighted by molar-refractivity contribution is 1.07. The largest absolute Gasteiger partial charge is 0.309 e. The quantitative estimate of drug-likeness (QED) is 0.105. The van der Waals surface area contributed by atoms with E-state index in [1.54, 1.807) is 0 Å².